The zero-order chi connectivity index (χ0) is 13.1. The van der Waals surface area contributed by atoms with Gasteiger partial charge in [-0.05, 0) is 31.7 Å². The summed E-state index contributed by atoms with van der Waals surface area (Å²) in [6.07, 6.45) is 3.54. The quantitative estimate of drug-likeness (QED) is 0.913. The number of hydrogen-bond donors (Lipinski definition) is 1. The number of aliphatic hydroxyl groups excluding tert-OH is 1. The topological polar surface area (TPSA) is 45.5 Å². The van der Waals surface area contributed by atoms with Crippen LogP contribution in [0.15, 0.2) is 12.3 Å². The molecule has 1 saturated heterocycles. The Morgan fingerprint density at radius 3 is 2.72 bits per heavy atom. The van der Waals surface area contributed by atoms with Gasteiger partial charge in [0.05, 0.1) is 5.02 Å². The third-order valence-electron chi connectivity index (χ3n) is 3.58. The number of nitrogens with zero attached hydrogens (tertiary/aromatic N) is 2. The minimum Gasteiger partial charge on any atom is -0.396 e. The fourth-order valence-corrected chi connectivity index (χ4v) is 2.62. The van der Waals surface area contributed by atoms with Gasteiger partial charge in [-0.2, -0.15) is 0 Å². The first-order valence-electron chi connectivity index (χ1n) is 6.41. The molecule has 2 heterocycles. The lowest BCUT2D eigenvalue weighted by molar-refractivity contribution is 0.0640. The summed E-state index contributed by atoms with van der Waals surface area (Å²) in [5, 5.41) is 9.70. The molecule has 0 unspecified atom stereocenters. The van der Waals surface area contributed by atoms with Crippen LogP contribution in [0, 0.1) is 5.92 Å². The van der Waals surface area contributed by atoms with Crippen molar-refractivity contribution in [3.05, 3.63) is 23.0 Å². The Labute approximate surface area is 112 Å². The minimum atomic E-state index is 0.0418. The third kappa shape index (κ3) is 2.70. The van der Waals surface area contributed by atoms with Crippen LogP contribution in [0.4, 0.5) is 0 Å². The molecule has 0 bridgehead atoms. The van der Waals surface area contributed by atoms with Crippen LogP contribution in [0.1, 0.15) is 30.3 Å². The van der Waals surface area contributed by atoms with Crippen molar-refractivity contribution in [2.24, 2.45) is 5.92 Å². The standard InChI is InChI=1S/C13H19ClN2O2/c1-2-15-8-11(14)7-12(15)13(18)16-5-3-10(9-17)4-6-16/h7-8,10,17H,2-6,9H2,1H3. The Morgan fingerprint density at radius 2 is 2.17 bits per heavy atom. The molecule has 1 N–H and O–H groups in total. The van der Waals surface area contributed by atoms with E-state index in [1.807, 2.05) is 16.4 Å². The predicted molar refractivity (Wildman–Crippen MR) is 70.8 cm³/mol. The van der Waals surface area contributed by atoms with Gasteiger partial charge in [0.25, 0.3) is 5.91 Å². The number of aromatic nitrogens is 1. The van der Waals surface area contributed by atoms with E-state index < -0.39 is 0 Å². The average Bonchev–Trinajstić information content (AvgIpc) is 2.79. The van der Waals surface area contributed by atoms with Gasteiger partial charge in [-0.15, -0.1) is 0 Å². The summed E-state index contributed by atoms with van der Waals surface area (Å²) in [4.78, 5) is 14.2. The average molecular weight is 271 g/mol. The van der Waals surface area contributed by atoms with Crippen LogP contribution in [0.2, 0.25) is 5.02 Å². The Kier molecular flexibility index (Phi) is 4.30. The first-order chi connectivity index (χ1) is 8.65. The summed E-state index contributed by atoms with van der Waals surface area (Å²) in [6, 6.07) is 1.73. The predicted octanol–water partition coefficient (Wildman–Crippen LogP) is 2.01. The minimum absolute atomic E-state index is 0.0418. The lowest BCUT2D eigenvalue weighted by Gasteiger charge is -2.31. The molecule has 1 aliphatic rings. The number of rotatable bonds is 3. The van der Waals surface area contributed by atoms with Gasteiger partial charge in [0.15, 0.2) is 0 Å². The molecule has 1 aromatic rings. The smallest absolute Gasteiger partial charge is 0.270 e. The van der Waals surface area contributed by atoms with Crippen molar-refractivity contribution in [2.75, 3.05) is 19.7 Å². The zero-order valence-corrected chi connectivity index (χ0v) is 11.4. The van der Waals surface area contributed by atoms with E-state index in [1.165, 1.54) is 0 Å². The summed E-state index contributed by atoms with van der Waals surface area (Å²) in [5.74, 6) is 0.385. The second kappa shape index (κ2) is 5.76. The van der Waals surface area contributed by atoms with Gasteiger partial charge < -0.3 is 14.6 Å². The van der Waals surface area contributed by atoms with Crippen molar-refractivity contribution < 1.29 is 9.90 Å². The van der Waals surface area contributed by atoms with Crippen molar-refractivity contribution in [1.29, 1.82) is 0 Å². The van der Waals surface area contributed by atoms with Gasteiger partial charge in [-0.1, -0.05) is 11.6 Å². The van der Waals surface area contributed by atoms with E-state index in [0.29, 0.717) is 16.6 Å². The van der Waals surface area contributed by atoms with E-state index in [9.17, 15) is 4.79 Å². The number of hydrogen-bond acceptors (Lipinski definition) is 2. The number of aliphatic hydroxyl groups is 1. The summed E-state index contributed by atoms with van der Waals surface area (Å²) in [7, 11) is 0. The SMILES string of the molecule is CCn1cc(Cl)cc1C(=O)N1CCC(CO)CC1. The molecule has 5 heteroatoms. The second-order valence-corrected chi connectivity index (χ2v) is 5.18. The van der Waals surface area contributed by atoms with E-state index in [2.05, 4.69) is 0 Å². The van der Waals surface area contributed by atoms with E-state index in [1.54, 1.807) is 12.3 Å². The molecular weight excluding hydrogens is 252 g/mol. The highest BCUT2D eigenvalue weighted by molar-refractivity contribution is 6.31. The van der Waals surface area contributed by atoms with Gasteiger partial charge >= 0.3 is 0 Å². The molecule has 4 nitrogen and oxygen atoms in total. The number of halogens is 1. The Hall–Kier alpha value is -1.00. The number of carbonyl (C=O) groups is 1. The van der Waals surface area contributed by atoms with E-state index >= 15 is 0 Å². The number of likely N-dealkylation sites (tertiary alicyclic amines) is 1. The second-order valence-electron chi connectivity index (χ2n) is 4.75. The van der Waals surface area contributed by atoms with Crippen molar-refractivity contribution in [3.8, 4) is 0 Å². The van der Waals surface area contributed by atoms with Gasteiger partial charge in [0, 0.05) is 32.4 Å². The highest BCUT2D eigenvalue weighted by atomic mass is 35.5. The number of aryl methyl sites for hydroxylation is 1. The van der Waals surface area contributed by atoms with Crippen molar-refractivity contribution in [2.45, 2.75) is 26.3 Å². The number of piperidine rings is 1. The molecule has 0 aromatic carbocycles. The summed E-state index contributed by atoms with van der Waals surface area (Å²) in [5.41, 5.74) is 0.657. The summed E-state index contributed by atoms with van der Waals surface area (Å²) >= 11 is 5.95. The van der Waals surface area contributed by atoms with Crippen LogP contribution in [-0.4, -0.2) is 40.2 Å². The molecule has 2 rings (SSSR count). The first-order valence-corrected chi connectivity index (χ1v) is 6.79. The van der Waals surface area contributed by atoms with Crippen LogP contribution < -0.4 is 0 Å². The Bertz CT molecular complexity index is 423. The van der Waals surface area contributed by atoms with Crippen LogP contribution in [0.3, 0.4) is 0 Å². The molecule has 1 amide bonds. The molecule has 0 aliphatic carbocycles. The van der Waals surface area contributed by atoms with Gasteiger partial charge in [-0.3, -0.25) is 4.79 Å². The van der Waals surface area contributed by atoms with Crippen LogP contribution in [-0.2, 0) is 6.54 Å². The van der Waals surface area contributed by atoms with Crippen LogP contribution in [0.5, 0.6) is 0 Å². The molecule has 100 valence electrons. The third-order valence-corrected chi connectivity index (χ3v) is 3.79. The number of amides is 1. The number of carbonyl (C=O) groups excluding carboxylic acids is 1. The maximum Gasteiger partial charge on any atom is 0.270 e. The van der Waals surface area contributed by atoms with Crippen LogP contribution in [0.25, 0.3) is 0 Å². The molecule has 0 atom stereocenters. The molecule has 18 heavy (non-hydrogen) atoms. The summed E-state index contributed by atoms with van der Waals surface area (Å²) in [6.45, 7) is 4.39. The molecule has 0 radical (unpaired) electrons. The van der Waals surface area contributed by atoms with E-state index in [0.717, 1.165) is 32.5 Å². The maximum absolute atomic E-state index is 12.4. The fourth-order valence-electron chi connectivity index (χ4n) is 2.40. The molecule has 1 aliphatic heterocycles. The summed E-state index contributed by atoms with van der Waals surface area (Å²) < 4.78 is 1.88. The zero-order valence-electron chi connectivity index (χ0n) is 10.6. The molecular formula is C13H19ClN2O2. The largest absolute Gasteiger partial charge is 0.396 e. The van der Waals surface area contributed by atoms with Crippen LogP contribution >= 0.6 is 11.6 Å². The lowest BCUT2D eigenvalue weighted by atomic mass is 9.98. The molecule has 1 aromatic heterocycles. The molecule has 0 saturated carbocycles. The van der Waals surface area contributed by atoms with Gasteiger partial charge in [0.1, 0.15) is 5.69 Å². The monoisotopic (exact) mass is 270 g/mol. The van der Waals surface area contributed by atoms with Gasteiger partial charge in [-0.25, -0.2) is 0 Å². The first kappa shape index (κ1) is 13.4. The Balaban J connectivity index is 2.07. The van der Waals surface area contributed by atoms with E-state index in [-0.39, 0.29) is 12.5 Å². The lowest BCUT2D eigenvalue weighted by Crippen LogP contribution is -2.39. The van der Waals surface area contributed by atoms with Gasteiger partial charge in [0.2, 0.25) is 0 Å². The molecule has 0 spiro atoms. The maximum atomic E-state index is 12.4. The van der Waals surface area contributed by atoms with Crippen molar-refractivity contribution >= 4 is 17.5 Å². The fraction of sp³-hybridized carbons (Fsp3) is 0.615. The Morgan fingerprint density at radius 1 is 1.50 bits per heavy atom. The van der Waals surface area contributed by atoms with Crippen molar-refractivity contribution in [3.63, 3.8) is 0 Å². The normalized spacial score (nSPS) is 17.2. The van der Waals surface area contributed by atoms with Crippen molar-refractivity contribution in [1.82, 2.24) is 9.47 Å². The van der Waals surface area contributed by atoms with E-state index in [4.69, 9.17) is 16.7 Å². The highest BCUT2D eigenvalue weighted by Gasteiger charge is 2.25. The highest BCUT2D eigenvalue weighted by Crippen LogP contribution is 2.21. The molecule has 1 fully saturated rings.